The highest BCUT2D eigenvalue weighted by Crippen LogP contribution is 2.56. The molecular formula is C24H32Cl4N2. The molecule has 0 saturated heterocycles. The van der Waals surface area contributed by atoms with Crippen molar-refractivity contribution < 1.29 is 0 Å². The van der Waals surface area contributed by atoms with Crippen molar-refractivity contribution in [1.29, 1.82) is 0 Å². The Hall–Kier alpha value is -0.480. The standard InChI is InChI=1S/C24H30Cl2N2.2ClH/c25-21-7-3-1-5-19(21)15-27-17-23-9-12-24(13-10-23,14-11-23)18-28-16-20-6-2-4-8-22(20)26;;/h1-8,27-28H,9-18H2;2*1H. The summed E-state index contributed by atoms with van der Waals surface area (Å²) in [6.07, 6.45) is 8.06. The van der Waals surface area contributed by atoms with Crippen molar-refractivity contribution in [2.24, 2.45) is 10.8 Å². The molecule has 0 spiro atoms. The molecule has 2 bridgehead atoms. The maximum Gasteiger partial charge on any atom is 0.0450 e. The van der Waals surface area contributed by atoms with Crippen molar-refractivity contribution in [2.45, 2.75) is 51.6 Å². The Morgan fingerprint density at radius 3 is 1.27 bits per heavy atom. The van der Waals surface area contributed by atoms with Crippen LogP contribution in [-0.2, 0) is 13.1 Å². The van der Waals surface area contributed by atoms with Gasteiger partial charge in [-0.25, -0.2) is 0 Å². The molecule has 2 aromatic carbocycles. The van der Waals surface area contributed by atoms with Gasteiger partial charge >= 0.3 is 0 Å². The van der Waals surface area contributed by atoms with Gasteiger partial charge < -0.3 is 10.6 Å². The van der Waals surface area contributed by atoms with Gasteiger partial charge in [-0.05, 0) is 72.6 Å². The van der Waals surface area contributed by atoms with Crippen LogP contribution in [0.1, 0.15) is 49.7 Å². The van der Waals surface area contributed by atoms with E-state index in [0.29, 0.717) is 10.8 Å². The van der Waals surface area contributed by atoms with E-state index in [1.807, 2.05) is 24.3 Å². The first-order valence-electron chi connectivity index (χ1n) is 10.5. The Morgan fingerprint density at radius 2 is 0.933 bits per heavy atom. The lowest BCUT2D eigenvalue weighted by atomic mass is 9.53. The van der Waals surface area contributed by atoms with Crippen LogP contribution in [0.2, 0.25) is 10.0 Å². The molecule has 0 aliphatic heterocycles. The van der Waals surface area contributed by atoms with Crippen LogP contribution >= 0.6 is 48.0 Å². The third-order valence-corrected chi connectivity index (χ3v) is 7.84. The summed E-state index contributed by atoms with van der Waals surface area (Å²) < 4.78 is 0. The van der Waals surface area contributed by atoms with E-state index >= 15 is 0 Å². The molecule has 30 heavy (non-hydrogen) atoms. The monoisotopic (exact) mass is 488 g/mol. The minimum atomic E-state index is 0. The van der Waals surface area contributed by atoms with Gasteiger partial charge in [0, 0.05) is 36.2 Å². The Morgan fingerprint density at radius 1 is 0.600 bits per heavy atom. The molecule has 2 nitrogen and oxygen atoms in total. The molecule has 5 rings (SSSR count). The normalized spacial score (nSPS) is 24.7. The molecule has 3 saturated carbocycles. The minimum Gasteiger partial charge on any atom is -0.312 e. The van der Waals surface area contributed by atoms with Gasteiger partial charge in [0.1, 0.15) is 0 Å². The highest BCUT2D eigenvalue weighted by Gasteiger charge is 2.47. The van der Waals surface area contributed by atoms with Crippen LogP contribution in [0.15, 0.2) is 48.5 Å². The van der Waals surface area contributed by atoms with Crippen molar-refractivity contribution >= 4 is 48.0 Å². The van der Waals surface area contributed by atoms with Crippen molar-refractivity contribution in [3.63, 3.8) is 0 Å². The van der Waals surface area contributed by atoms with Crippen LogP contribution in [0.4, 0.5) is 0 Å². The van der Waals surface area contributed by atoms with E-state index in [1.54, 1.807) is 0 Å². The van der Waals surface area contributed by atoms with Crippen LogP contribution in [0.3, 0.4) is 0 Å². The summed E-state index contributed by atoms with van der Waals surface area (Å²) in [4.78, 5) is 0. The third kappa shape index (κ3) is 6.06. The number of nitrogens with one attached hydrogen (secondary N) is 2. The molecule has 0 heterocycles. The number of rotatable bonds is 8. The highest BCUT2D eigenvalue weighted by atomic mass is 35.5. The first-order chi connectivity index (χ1) is 13.6. The summed E-state index contributed by atoms with van der Waals surface area (Å²) in [7, 11) is 0. The summed E-state index contributed by atoms with van der Waals surface area (Å²) in [5.74, 6) is 0. The van der Waals surface area contributed by atoms with E-state index < -0.39 is 0 Å². The van der Waals surface area contributed by atoms with Crippen LogP contribution < -0.4 is 10.6 Å². The molecule has 0 atom stereocenters. The second-order valence-corrected chi connectivity index (χ2v) is 9.70. The molecule has 6 heteroatoms. The zero-order valence-corrected chi connectivity index (χ0v) is 20.4. The summed E-state index contributed by atoms with van der Waals surface area (Å²) in [6, 6.07) is 16.3. The van der Waals surface area contributed by atoms with Gasteiger partial charge in [0.2, 0.25) is 0 Å². The first-order valence-corrected chi connectivity index (χ1v) is 11.2. The fourth-order valence-corrected chi connectivity index (χ4v) is 5.48. The Balaban J connectivity index is 0.00000160. The van der Waals surface area contributed by atoms with Gasteiger partial charge in [0.25, 0.3) is 0 Å². The predicted octanol–water partition coefficient (Wildman–Crippen LogP) is 7.06. The number of hydrogen-bond acceptors (Lipinski definition) is 2. The minimum absolute atomic E-state index is 0. The highest BCUT2D eigenvalue weighted by molar-refractivity contribution is 6.31. The average molecular weight is 490 g/mol. The quantitative estimate of drug-likeness (QED) is 0.414. The van der Waals surface area contributed by atoms with Crippen molar-refractivity contribution in [2.75, 3.05) is 13.1 Å². The molecule has 0 radical (unpaired) electrons. The molecular weight excluding hydrogens is 458 g/mol. The average Bonchev–Trinajstić information content (AvgIpc) is 2.72. The van der Waals surface area contributed by atoms with Gasteiger partial charge in [-0.3, -0.25) is 0 Å². The van der Waals surface area contributed by atoms with E-state index in [9.17, 15) is 0 Å². The summed E-state index contributed by atoms with van der Waals surface area (Å²) in [6.45, 7) is 3.96. The van der Waals surface area contributed by atoms with E-state index in [2.05, 4.69) is 34.9 Å². The molecule has 166 valence electrons. The molecule has 0 aromatic heterocycles. The third-order valence-electron chi connectivity index (χ3n) is 7.10. The summed E-state index contributed by atoms with van der Waals surface area (Å²) >= 11 is 12.6. The Labute approximate surface area is 203 Å². The fourth-order valence-electron chi connectivity index (χ4n) is 5.08. The molecule has 3 aliphatic rings. The summed E-state index contributed by atoms with van der Waals surface area (Å²) in [5.41, 5.74) is 3.38. The lowest BCUT2D eigenvalue weighted by Gasteiger charge is -2.54. The van der Waals surface area contributed by atoms with Gasteiger partial charge in [-0.2, -0.15) is 0 Å². The Kier molecular flexibility index (Phi) is 9.80. The van der Waals surface area contributed by atoms with Crippen LogP contribution in [0.5, 0.6) is 0 Å². The topological polar surface area (TPSA) is 24.1 Å². The van der Waals surface area contributed by atoms with Crippen LogP contribution in [0, 0.1) is 10.8 Å². The van der Waals surface area contributed by atoms with Gasteiger partial charge in [0.05, 0.1) is 0 Å². The lowest BCUT2D eigenvalue weighted by molar-refractivity contribution is -0.00772. The molecule has 0 amide bonds. The predicted molar refractivity (Wildman–Crippen MR) is 133 cm³/mol. The number of fused-ring (bicyclic) bond motifs is 3. The maximum atomic E-state index is 6.29. The molecule has 2 aromatic rings. The summed E-state index contributed by atoms with van der Waals surface area (Å²) in [5, 5.41) is 9.12. The SMILES string of the molecule is Cl.Cl.Clc1ccccc1CNCC12CCC(CNCc3ccccc3Cl)(CC1)CC2. The lowest BCUT2D eigenvalue weighted by Crippen LogP contribution is -2.49. The molecule has 0 unspecified atom stereocenters. The van der Waals surface area contributed by atoms with Gasteiger partial charge in [-0.1, -0.05) is 59.6 Å². The van der Waals surface area contributed by atoms with Crippen LogP contribution in [-0.4, -0.2) is 13.1 Å². The second kappa shape index (κ2) is 11.4. The maximum absolute atomic E-state index is 6.29. The number of benzene rings is 2. The van der Waals surface area contributed by atoms with Gasteiger partial charge in [-0.15, -0.1) is 24.8 Å². The zero-order chi connectivity index (χ0) is 19.5. The van der Waals surface area contributed by atoms with E-state index in [-0.39, 0.29) is 24.8 Å². The van der Waals surface area contributed by atoms with E-state index in [4.69, 9.17) is 23.2 Å². The van der Waals surface area contributed by atoms with E-state index in [0.717, 1.165) is 36.2 Å². The number of halogens is 4. The van der Waals surface area contributed by atoms with Crippen LogP contribution in [0.25, 0.3) is 0 Å². The largest absolute Gasteiger partial charge is 0.312 e. The molecule has 3 aliphatic carbocycles. The number of hydrogen-bond donors (Lipinski definition) is 2. The first kappa shape index (κ1) is 25.8. The Bertz CT molecular complexity index is 719. The molecule has 3 fully saturated rings. The smallest absolute Gasteiger partial charge is 0.0450 e. The van der Waals surface area contributed by atoms with Gasteiger partial charge in [0.15, 0.2) is 0 Å². The van der Waals surface area contributed by atoms with E-state index in [1.165, 1.54) is 49.7 Å². The molecule has 2 N–H and O–H groups in total. The fraction of sp³-hybridized carbons (Fsp3) is 0.500. The van der Waals surface area contributed by atoms with Crippen molar-refractivity contribution in [1.82, 2.24) is 10.6 Å². The van der Waals surface area contributed by atoms with Crippen molar-refractivity contribution in [3.8, 4) is 0 Å². The van der Waals surface area contributed by atoms with Crippen molar-refractivity contribution in [3.05, 3.63) is 69.7 Å². The second-order valence-electron chi connectivity index (χ2n) is 8.89. The zero-order valence-electron chi connectivity index (χ0n) is 17.3.